The highest BCUT2D eigenvalue weighted by atomic mass is 16.5. The summed E-state index contributed by atoms with van der Waals surface area (Å²) in [7, 11) is 5.60. The van der Waals surface area contributed by atoms with Crippen molar-refractivity contribution in [1.29, 1.82) is 0 Å². The molecule has 26 heavy (non-hydrogen) atoms. The SMILES string of the molecule is [B]C(=O)N1C(Cc2ccccc2)C(CC(O)CC(=O)OCC)OC1(C)C. The number of carbonyl (C=O) groups excluding carboxylic acids is 2. The van der Waals surface area contributed by atoms with Crippen LogP contribution < -0.4 is 0 Å². The van der Waals surface area contributed by atoms with E-state index < -0.39 is 29.7 Å². The maximum absolute atomic E-state index is 12.0. The van der Waals surface area contributed by atoms with Gasteiger partial charge in [0.05, 0.1) is 31.3 Å². The zero-order chi connectivity index (χ0) is 19.3. The number of rotatable bonds is 7. The lowest BCUT2D eigenvalue weighted by Crippen LogP contribution is -2.49. The van der Waals surface area contributed by atoms with Crippen molar-refractivity contribution in [3.8, 4) is 0 Å². The Balaban J connectivity index is 2.16. The lowest BCUT2D eigenvalue weighted by atomic mass is 9.93. The largest absolute Gasteiger partial charge is 0.466 e. The van der Waals surface area contributed by atoms with E-state index in [0.29, 0.717) is 6.42 Å². The zero-order valence-electron chi connectivity index (χ0n) is 15.6. The minimum atomic E-state index is -0.916. The third-order valence-electron chi connectivity index (χ3n) is 4.52. The molecule has 7 heteroatoms. The van der Waals surface area contributed by atoms with Crippen molar-refractivity contribution in [3.63, 3.8) is 0 Å². The molecule has 1 aliphatic heterocycles. The summed E-state index contributed by atoms with van der Waals surface area (Å²) in [5.41, 5.74) is 0.148. The van der Waals surface area contributed by atoms with Gasteiger partial charge in [-0.3, -0.25) is 9.59 Å². The molecule has 1 fully saturated rings. The fourth-order valence-electron chi connectivity index (χ4n) is 3.55. The summed E-state index contributed by atoms with van der Waals surface area (Å²) in [6.45, 7) is 5.53. The molecule has 140 valence electrons. The van der Waals surface area contributed by atoms with Gasteiger partial charge < -0.3 is 19.5 Å². The van der Waals surface area contributed by atoms with Crippen LogP contribution in [0.1, 0.15) is 39.2 Å². The van der Waals surface area contributed by atoms with Crippen molar-refractivity contribution in [2.45, 2.75) is 64.0 Å². The zero-order valence-corrected chi connectivity index (χ0v) is 15.6. The van der Waals surface area contributed by atoms with Gasteiger partial charge in [-0.05, 0) is 32.8 Å². The van der Waals surface area contributed by atoms with Crippen LogP contribution in [0.4, 0.5) is 4.79 Å². The fourth-order valence-corrected chi connectivity index (χ4v) is 3.55. The van der Waals surface area contributed by atoms with E-state index in [1.54, 1.807) is 20.8 Å². The average Bonchev–Trinajstić information content (AvgIpc) is 2.78. The molecule has 0 saturated carbocycles. The highest BCUT2D eigenvalue weighted by molar-refractivity contribution is 6.57. The fraction of sp³-hybridized carbons (Fsp3) is 0.579. The highest BCUT2D eigenvalue weighted by Gasteiger charge is 2.48. The summed E-state index contributed by atoms with van der Waals surface area (Å²) in [6, 6.07) is 9.38. The van der Waals surface area contributed by atoms with Crippen LogP contribution in [-0.4, -0.2) is 60.2 Å². The minimum absolute atomic E-state index is 0.108. The van der Waals surface area contributed by atoms with E-state index in [1.807, 2.05) is 30.3 Å². The average molecular weight is 359 g/mol. The van der Waals surface area contributed by atoms with Crippen LogP contribution in [0.3, 0.4) is 0 Å². The van der Waals surface area contributed by atoms with Gasteiger partial charge in [-0.25, -0.2) is 0 Å². The van der Waals surface area contributed by atoms with Gasteiger partial charge in [-0.2, -0.15) is 0 Å². The van der Waals surface area contributed by atoms with Crippen LogP contribution in [0.2, 0.25) is 0 Å². The molecule has 1 aliphatic rings. The molecule has 6 nitrogen and oxygen atoms in total. The molecule has 0 spiro atoms. The number of aliphatic hydroxyl groups is 1. The summed E-state index contributed by atoms with van der Waals surface area (Å²) in [5.74, 6) is -1.03. The van der Waals surface area contributed by atoms with Crippen LogP contribution >= 0.6 is 0 Å². The molecule has 1 aromatic carbocycles. The Morgan fingerprint density at radius 3 is 2.58 bits per heavy atom. The summed E-state index contributed by atoms with van der Waals surface area (Å²) >= 11 is 0. The van der Waals surface area contributed by atoms with Crippen molar-refractivity contribution in [2.75, 3.05) is 6.61 Å². The lowest BCUT2D eigenvalue weighted by molar-refractivity contribution is -0.146. The lowest BCUT2D eigenvalue weighted by Gasteiger charge is -2.33. The summed E-state index contributed by atoms with van der Waals surface area (Å²) in [6.07, 6.45) is -0.709. The standard InChI is InChI=1S/C19H26BNO5/c1-4-25-17(23)12-14(22)11-16-15(10-13-8-6-5-7-9-13)21(18(20)24)19(2,3)26-16/h5-9,14-16,22H,4,10-12H2,1-3H3. The number of ether oxygens (including phenoxy) is 2. The number of hydrogen-bond donors (Lipinski definition) is 1. The van der Waals surface area contributed by atoms with E-state index in [-0.39, 0.29) is 25.5 Å². The van der Waals surface area contributed by atoms with E-state index in [1.165, 1.54) is 4.90 Å². The Kier molecular flexibility index (Phi) is 6.84. The summed E-state index contributed by atoms with van der Waals surface area (Å²) in [4.78, 5) is 25.2. The first-order chi connectivity index (χ1) is 12.2. The third kappa shape index (κ3) is 5.08. The number of nitrogens with zero attached hydrogens (tertiary/aromatic N) is 1. The Morgan fingerprint density at radius 1 is 1.35 bits per heavy atom. The van der Waals surface area contributed by atoms with Crippen molar-refractivity contribution in [1.82, 2.24) is 4.90 Å². The normalized spacial score (nSPS) is 22.8. The smallest absolute Gasteiger partial charge is 0.308 e. The van der Waals surface area contributed by atoms with Crippen molar-refractivity contribution >= 4 is 19.6 Å². The van der Waals surface area contributed by atoms with Crippen LogP contribution in [0.5, 0.6) is 0 Å². The number of esters is 1. The molecule has 3 atom stereocenters. The van der Waals surface area contributed by atoms with Gasteiger partial charge in [0.25, 0.3) is 0 Å². The number of benzene rings is 1. The molecule has 2 rings (SSSR count). The van der Waals surface area contributed by atoms with Gasteiger partial charge in [0.1, 0.15) is 5.72 Å². The predicted molar refractivity (Wildman–Crippen MR) is 97.7 cm³/mol. The molecule has 1 N–H and O–H groups in total. The monoisotopic (exact) mass is 359 g/mol. The van der Waals surface area contributed by atoms with Crippen LogP contribution in [0.15, 0.2) is 30.3 Å². The van der Waals surface area contributed by atoms with E-state index in [0.717, 1.165) is 5.56 Å². The summed E-state index contributed by atoms with van der Waals surface area (Å²) < 4.78 is 10.9. The van der Waals surface area contributed by atoms with E-state index in [2.05, 4.69) is 0 Å². The summed E-state index contributed by atoms with van der Waals surface area (Å²) in [5, 5.41) is 10.3. The third-order valence-corrected chi connectivity index (χ3v) is 4.52. The predicted octanol–water partition coefficient (Wildman–Crippen LogP) is 2.03. The molecular formula is C19H26BNO5. The quantitative estimate of drug-likeness (QED) is 0.596. The van der Waals surface area contributed by atoms with Gasteiger partial charge in [0.15, 0.2) is 5.81 Å². The van der Waals surface area contributed by atoms with Crippen LogP contribution in [0, 0.1) is 0 Å². The molecule has 2 radical (unpaired) electrons. The first kappa shape index (κ1) is 20.5. The van der Waals surface area contributed by atoms with Gasteiger partial charge >= 0.3 is 5.97 Å². The van der Waals surface area contributed by atoms with Gasteiger partial charge in [-0.1, -0.05) is 30.3 Å². The van der Waals surface area contributed by atoms with Gasteiger partial charge in [0, 0.05) is 6.42 Å². The van der Waals surface area contributed by atoms with Gasteiger partial charge in [0.2, 0.25) is 7.85 Å². The number of carbonyl (C=O) groups is 2. The highest BCUT2D eigenvalue weighted by Crippen LogP contribution is 2.36. The number of aliphatic hydroxyl groups excluding tert-OH is 1. The maximum atomic E-state index is 12.0. The van der Waals surface area contributed by atoms with Crippen LogP contribution in [0.25, 0.3) is 0 Å². The van der Waals surface area contributed by atoms with Crippen molar-refractivity contribution < 1.29 is 24.2 Å². The molecule has 0 aromatic heterocycles. The van der Waals surface area contributed by atoms with Crippen molar-refractivity contribution in [2.24, 2.45) is 0 Å². The second-order valence-electron chi connectivity index (χ2n) is 6.97. The molecule has 1 heterocycles. The molecule has 0 bridgehead atoms. The van der Waals surface area contributed by atoms with Crippen molar-refractivity contribution in [3.05, 3.63) is 35.9 Å². The molecule has 1 saturated heterocycles. The van der Waals surface area contributed by atoms with E-state index in [4.69, 9.17) is 17.3 Å². The van der Waals surface area contributed by atoms with Crippen LogP contribution in [-0.2, 0) is 20.7 Å². The second-order valence-corrected chi connectivity index (χ2v) is 6.97. The number of amides is 1. The topological polar surface area (TPSA) is 76.1 Å². The molecular weight excluding hydrogens is 333 g/mol. The Morgan fingerprint density at radius 2 is 2.00 bits per heavy atom. The minimum Gasteiger partial charge on any atom is -0.466 e. The second kappa shape index (κ2) is 8.69. The first-order valence-electron chi connectivity index (χ1n) is 8.88. The molecule has 1 aromatic rings. The Bertz CT molecular complexity index is 622. The molecule has 3 unspecified atom stereocenters. The Hall–Kier alpha value is -1.86. The van der Waals surface area contributed by atoms with E-state index in [9.17, 15) is 14.7 Å². The van der Waals surface area contributed by atoms with E-state index >= 15 is 0 Å². The molecule has 0 aliphatic carbocycles. The molecule has 1 amide bonds. The van der Waals surface area contributed by atoms with Gasteiger partial charge in [-0.15, -0.1) is 0 Å². The maximum Gasteiger partial charge on any atom is 0.308 e. The Labute approximate surface area is 155 Å². The number of hydrogen-bond acceptors (Lipinski definition) is 5. The first-order valence-corrected chi connectivity index (χ1v) is 8.88.